The van der Waals surface area contributed by atoms with Gasteiger partial charge in [0, 0.05) is 40.3 Å². The molecule has 2 aliphatic heterocycles. The van der Waals surface area contributed by atoms with Gasteiger partial charge in [0.15, 0.2) is 5.54 Å². The van der Waals surface area contributed by atoms with E-state index in [0.717, 1.165) is 58.8 Å². The zero-order valence-electron chi connectivity index (χ0n) is 14.6. The molecule has 4 nitrogen and oxygen atoms in total. The molecule has 5 heteroatoms. The minimum absolute atomic E-state index is 0.110. The summed E-state index contributed by atoms with van der Waals surface area (Å²) in [6.07, 6.45) is 1.80. The average molecular weight is 366 g/mol. The quantitative estimate of drug-likeness (QED) is 0.722. The van der Waals surface area contributed by atoms with Crippen molar-refractivity contribution in [2.45, 2.75) is 25.3 Å². The third kappa shape index (κ3) is 1.91. The maximum Gasteiger partial charge on any atom is 0.258 e. The van der Waals surface area contributed by atoms with Crippen LogP contribution >= 0.6 is 11.6 Å². The Kier molecular flexibility index (Phi) is 3.43. The monoisotopic (exact) mass is 365 g/mol. The number of halogens is 1. The van der Waals surface area contributed by atoms with Crippen molar-refractivity contribution < 1.29 is 4.79 Å². The van der Waals surface area contributed by atoms with E-state index < -0.39 is 5.54 Å². The van der Waals surface area contributed by atoms with Gasteiger partial charge in [0.1, 0.15) is 0 Å². The normalized spacial score (nSPS) is 21.5. The number of hydrogen-bond acceptors (Lipinski definition) is 2. The van der Waals surface area contributed by atoms with Crippen LogP contribution in [0.25, 0.3) is 10.9 Å². The molecule has 132 valence electrons. The van der Waals surface area contributed by atoms with Crippen LogP contribution in [0.5, 0.6) is 0 Å². The summed E-state index contributed by atoms with van der Waals surface area (Å²) in [6.45, 7) is 3.58. The van der Waals surface area contributed by atoms with Gasteiger partial charge in [-0.05, 0) is 42.7 Å². The molecule has 1 aromatic heterocycles. The predicted molar refractivity (Wildman–Crippen MR) is 105 cm³/mol. The van der Waals surface area contributed by atoms with Gasteiger partial charge in [0.05, 0.1) is 5.69 Å². The number of benzene rings is 2. The van der Waals surface area contributed by atoms with E-state index in [1.807, 2.05) is 41.3 Å². The minimum atomic E-state index is -0.829. The number of carbonyl (C=O) groups excluding carboxylic acids is 1. The Morgan fingerprint density at radius 1 is 1.23 bits per heavy atom. The number of nitrogens with one attached hydrogen (secondary N) is 2. The molecule has 1 spiro atoms. The number of para-hydroxylation sites is 1. The molecule has 0 radical (unpaired) electrons. The number of rotatable bonds is 2. The van der Waals surface area contributed by atoms with Crippen molar-refractivity contribution in [3.63, 3.8) is 0 Å². The van der Waals surface area contributed by atoms with E-state index in [1.165, 1.54) is 5.56 Å². The molecule has 1 atom stereocenters. The van der Waals surface area contributed by atoms with Crippen LogP contribution in [0.2, 0.25) is 5.02 Å². The third-order valence-corrected chi connectivity index (χ3v) is 5.86. The summed E-state index contributed by atoms with van der Waals surface area (Å²) in [5.41, 5.74) is 4.42. The van der Waals surface area contributed by atoms with Crippen molar-refractivity contribution in [3.8, 4) is 0 Å². The van der Waals surface area contributed by atoms with Crippen LogP contribution in [0.15, 0.2) is 42.5 Å². The maximum atomic E-state index is 13.7. The molecule has 2 aromatic carbocycles. The van der Waals surface area contributed by atoms with Crippen LogP contribution in [0, 0.1) is 0 Å². The summed E-state index contributed by atoms with van der Waals surface area (Å²) in [5.74, 6) is 0.110. The van der Waals surface area contributed by atoms with Crippen molar-refractivity contribution in [2.75, 3.05) is 18.0 Å². The Labute approximate surface area is 157 Å². The third-order valence-electron chi connectivity index (χ3n) is 5.62. The summed E-state index contributed by atoms with van der Waals surface area (Å²) in [4.78, 5) is 19.1. The van der Waals surface area contributed by atoms with E-state index in [4.69, 9.17) is 11.6 Å². The Bertz CT molecular complexity index is 1040. The Hall–Kier alpha value is -2.30. The Morgan fingerprint density at radius 3 is 2.92 bits per heavy atom. The van der Waals surface area contributed by atoms with E-state index in [9.17, 15) is 4.79 Å². The van der Waals surface area contributed by atoms with E-state index in [2.05, 4.69) is 23.3 Å². The van der Waals surface area contributed by atoms with E-state index in [1.54, 1.807) is 0 Å². The summed E-state index contributed by atoms with van der Waals surface area (Å²) in [7, 11) is 0. The number of nitrogens with zero attached hydrogens (tertiary/aromatic N) is 1. The number of hydrogen-bond donors (Lipinski definition) is 2. The van der Waals surface area contributed by atoms with Gasteiger partial charge in [-0.3, -0.25) is 10.1 Å². The highest BCUT2D eigenvalue weighted by Gasteiger charge is 2.54. The van der Waals surface area contributed by atoms with Gasteiger partial charge in [-0.2, -0.15) is 0 Å². The number of fused-ring (bicyclic) bond motifs is 6. The molecule has 1 amide bonds. The molecule has 0 bridgehead atoms. The summed E-state index contributed by atoms with van der Waals surface area (Å²) in [5, 5.41) is 5.40. The second kappa shape index (κ2) is 5.60. The van der Waals surface area contributed by atoms with Crippen molar-refractivity contribution in [1.82, 2.24) is 10.3 Å². The fraction of sp³-hybridized carbons (Fsp3) is 0.286. The summed E-state index contributed by atoms with van der Waals surface area (Å²) in [6, 6.07) is 14.0. The first-order chi connectivity index (χ1) is 12.7. The van der Waals surface area contributed by atoms with Crippen LogP contribution in [-0.4, -0.2) is 24.0 Å². The van der Waals surface area contributed by atoms with E-state index in [-0.39, 0.29) is 5.91 Å². The highest BCUT2D eigenvalue weighted by Crippen LogP contribution is 2.47. The molecule has 0 aliphatic carbocycles. The predicted octanol–water partition coefficient (Wildman–Crippen LogP) is 3.97. The molecule has 3 heterocycles. The number of anilines is 1. The number of carbonyl (C=O) groups is 1. The van der Waals surface area contributed by atoms with Gasteiger partial charge in [0.2, 0.25) is 0 Å². The summed E-state index contributed by atoms with van der Waals surface area (Å²) < 4.78 is 0. The first-order valence-corrected chi connectivity index (χ1v) is 9.51. The Balaban J connectivity index is 1.81. The molecule has 2 aliphatic rings. The molecule has 2 N–H and O–H groups in total. The lowest BCUT2D eigenvalue weighted by Crippen LogP contribution is -2.55. The first-order valence-electron chi connectivity index (χ1n) is 9.14. The molecule has 1 unspecified atom stereocenters. The lowest BCUT2D eigenvalue weighted by atomic mass is 9.82. The van der Waals surface area contributed by atoms with Crippen LogP contribution in [-0.2, 0) is 16.8 Å². The molecule has 3 aromatic rings. The van der Waals surface area contributed by atoms with E-state index >= 15 is 0 Å². The van der Waals surface area contributed by atoms with Crippen LogP contribution < -0.4 is 10.2 Å². The molecule has 0 fully saturated rings. The highest BCUT2D eigenvalue weighted by molar-refractivity contribution is 6.31. The molecule has 0 saturated carbocycles. The van der Waals surface area contributed by atoms with Gasteiger partial charge in [0.25, 0.3) is 5.91 Å². The number of H-pyrrole nitrogens is 1. The SMILES string of the molecule is CCCN1C(=O)C2(NCCc3c2[nH]c2ccc(Cl)cc32)c2ccccc21. The van der Waals surface area contributed by atoms with E-state index in [0.29, 0.717) is 0 Å². The lowest BCUT2D eigenvalue weighted by Gasteiger charge is -2.34. The smallest absolute Gasteiger partial charge is 0.258 e. The molecule has 5 rings (SSSR count). The maximum absolute atomic E-state index is 13.7. The Morgan fingerprint density at radius 2 is 2.08 bits per heavy atom. The van der Waals surface area contributed by atoms with Crippen molar-refractivity contribution in [3.05, 3.63) is 64.3 Å². The first kappa shape index (κ1) is 15.9. The standard InChI is InChI=1S/C21H20ClN3O/c1-2-11-25-18-6-4-3-5-16(18)21(20(25)26)19-14(9-10-23-21)15-12-13(22)7-8-17(15)24-19/h3-8,12,23-24H,2,9-11H2,1H3. The van der Waals surface area contributed by atoms with Crippen molar-refractivity contribution in [2.24, 2.45) is 0 Å². The van der Waals surface area contributed by atoms with Crippen LogP contribution in [0.1, 0.15) is 30.2 Å². The molecule has 0 saturated heterocycles. The van der Waals surface area contributed by atoms with Crippen LogP contribution in [0.4, 0.5) is 5.69 Å². The summed E-state index contributed by atoms with van der Waals surface area (Å²) >= 11 is 6.24. The molecule has 26 heavy (non-hydrogen) atoms. The van der Waals surface area contributed by atoms with Crippen LogP contribution in [0.3, 0.4) is 0 Å². The van der Waals surface area contributed by atoms with Gasteiger partial charge in [-0.1, -0.05) is 36.7 Å². The number of aromatic amines is 1. The largest absolute Gasteiger partial charge is 0.356 e. The molecular formula is C21H20ClN3O. The fourth-order valence-corrected chi connectivity index (χ4v) is 4.75. The second-order valence-electron chi connectivity index (χ2n) is 7.07. The van der Waals surface area contributed by atoms with Crippen molar-refractivity contribution in [1.29, 1.82) is 0 Å². The fourth-order valence-electron chi connectivity index (χ4n) is 4.57. The van der Waals surface area contributed by atoms with Gasteiger partial charge >= 0.3 is 0 Å². The number of amides is 1. The second-order valence-corrected chi connectivity index (χ2v) is 7.51. The van der Waals surface area contributed by atoms with Gasteiger partial charge < -0.3 is 9.88 Å². The van der Waals surface area contributed by atoms with Gasteiger partial charge in [-0.25, -0.2) is 0 Å². The molecular weight excluding hydrogens is 346 g/mol. The van der Waals surface area contributed by atoms with Gasteiger partial charge in [-0.15, -0.1) is 0 Å². The zero-order chi connectivity index (χ0) is 17.9. The average Bonchev–Trinajstić information content (AvgIpc) is 3.13. The lowest BCUT2D eigenvalue weighted by molar-refractivity contribution is -0.123. The number of aromatic nitrogens is 1. The zero-order valence-corrected chi connectivity index (χ0v) is 15.4. The topological polar surface area (TPSA) is 48.1 Å². The minimum Gasteiger partial charge on any atom is -0.356 e. The highest BCUT2D eigenvalue weighted by atomic mass is 35.5. The van der Waals surface area contributed by atoms with Crippen molar-refractivity contribution >= 4 is 34.1 Å².